The Kier molecular flexibility index (Phi) is 3.12. The fourth-order valence-corrected chi connectivity index (χ4v) is 3.10. The summed E-state index contributed by atoms with van der Waals surface area (Å²) in [5, 5.41) is 7.17. The number of para-hydroxylation sites is 2. The molecule has 1 aliphatic rings. The third kappa shape index (κ3) is 2.40. The molecular formula is C16H17N5. The van der Waals surface area contributed by atoms with Crippen LogP contribution >= 0.6 is 0 Å². The van der Waals surface area contributed by atoms with E-state index in [1.165, 1.54) is 18.5 Å². The number of aromatic nitrogens is 4. The molecule has 0 radical (unpaired) electrons. The summed E-state index contributed by atoms with van der Waals surface area (Å²) in [6.07, 6.45) is 6.10. The largest absolute Gasteiger partial charge is 0.289 e. The molecule has 5 nitrogen and oxygen atoms in total. The number of aromatic amines is 1. The van der Waals surface area contributed by atoms with Crippen molar-refractivity contribution < 1.29 is 0 Å². The van der Waals surface area contributed by atoms with Crippen LogP contribution in [0.3, 0.4) is 0 Å². The fourth-order valence-electron chi connectivity index (χ4n) is 3.10. The molecule has 1 aromatic carbocycles. The van der Waals surface area contributed by atoms with Crippen molar-refractivity contribution >= 4 is 11.0 Å². The van der Waals surface area contributed by atoms with E-state index in [1.54, 1.807) is 0 Å². The smallest absolute Gasteiger partial charge is 0.0890 e. The molecule has 1 saturated heterocycles. The number of hydrogen-bond donors (Lipinski definition) is 1. The highest BCUT2D eigenvalue weighted by molar-refractivity contribution is 5.73. The first-order chi connectivity index (χ1) is 10.4. The second-order valence-electron chi connectivity index (χ2n) is 5.49. The van der Waals surface area contributed by atoms with Crippen LogP contribution in [-0.2, 0) is 6.54 Å². The van der Waals surface area contributed by atoms with E-state index < -0.39 is 0 Å². The molecule has 5 heteroatoms. The number of rotatable bonds is 3. The predicted octanol–water partition coefficient (Wildman–Crippen LogP) is 2.69. The first-order valence-corrected chi connectivity index (χ1v) is 7.34. The monoisotopic (exact) mass is 279 g/mol. The average Bonchev–Trinajstić information content (AvgIpc) is 3.18. The van der Waals surface area contributed by atoms with Crippen molar-refractivity contribution in [2.24, 2.45) is 0 Å². The van der Waals surface area contributed by atoms with Crippen LogP contribution in [0.4, 0.5) is 0 Å². The SMILES string of the molecule is c1ccc2nc(CN3CCCC3c3ccn[nH]3)cnc2c1. The number of hydrogen-bond acceptors (Lipinski definition) is 4. The lowest BCUT2D eigenvalue weighted by Crippen LogP contribution is -2.23. The van der Waals surface area contributed by atoms with E-state index in [4.69, 9.17) is 4.98 Å². The predicted molar refractivity (Wildman–Crippen MR) is 80.5 cm³/mol. The van der Waals surface area contributed by atoms with Gasteiger partial charge in [0.05, 0.1) is 34.7 Å². The molecule has 0 bridgehead atoms. The number of likely N-dealkylation sites (tertiary alicyclic amines) is 1. The van der Waals surface area contributed by atoms with Gasteiger partial charge in [0, 0.05) is 12.7 Å². The topological polar surface area (TPSA) is 57.7 Å². The van der Waals surface area contributed by atoms with Gasteiger partial charge in [-0.15, -0.1) is 0 Å². The Morgan fingerprint density at radius 2 is 2.10 bits per heavy atom. The number of H-pyrrole nitrogens is 1. The van der Waals surface area contributed by atoms with Gasteiger partial charge >= 0.3 is 0 Å². The maximum atomic E-state index is 4.72. The highest BCUT2D eigenvalue weighted by Gasteiger charge is 2.27. The molecule has 1 N–H and O–H groups in total. The average molecular weight is 279 g/mol. The van der Waals surface area contributed by atoms with Crippen molar-refractivity contribution in [3.8, 4) is 0 Å². The van der Waals surface area contributed by atoms with E-state index in [0.717, 1.165) is 29.8 Å². The molecule has 0 spiro atoms. The second-order valence-corrected chi connectivity index (χ2v) is 5.49. The zero-order valence-corrected chi connectivity index (χ0v) is 11.7. The van der Waals surface area contributed by atoms with Crippen LogP contribution in [0.2, 0.25) is 0 Å². The van der Waals surface area contributed by atoms with Crippen LogP contribution in [0.15, 0.2) is 42.7 Å². The standard InChI is InChI=1S/C16H17N5/c1-2-5-14-13(4-1)17-10-12(19-14)11-21-9-3-6-16(21)15-7-8-18-20-15/h1-2,4-5,7-8,10,16H,3,6,9,11H2,(H,18,20). The summed E-state index contributed by atoms with van der Waals surface area (Å²) in [4.78, 5) is 11.7. The summed E-state index contributed by atoms with van der Waals surface area (Å²) < 4.78 is 0. The molecule has 106 valence electrons. The molecule has 1 atom stereocenters. The van der Waals surface area contributed by atoms with Gasteiger partial charge in [-0.05, 0) is 37.6 Å². The number of benzene rings is 1. The molecule has 21 heavy (non-hydrogen) atoms. The van der Waals surface area contributed by atoms with E-state index in [2.05, 4.69) is 26.1 Å². The Morgan fingerprint density at radius 3 is 2.95 bits per heavy atom. The van der Waals surface area contributed by atoms with E-state index >= 15 is 0 Å². The molecule has 4 rings (SSSR count). The Labute approximate surface area is 123 Å². The Hall–Kier alpha value is -2.27. The zero-order chi connectivity index (χ0) is 14.1. The van der Waals surface area contributed by atoms with Gasteiger partial charge in [0.2, 0.25) is 0 Å². The maximum Gasteiger partial charge on any atom is 0.0890 e. The molecule has 3 aromatic rings. The third-order valence-electron chi connectivity index (χ3n) is 4.11. The first kappa shape index (κ1) is 12.5. The lowest BCUT2D eigenvalue weighted by Gasteiger charge is -2.22. The van der Waals surface area contributed by atoms with Crippen molar-refractivity contribution in [3.63, 3.8) is 0 Å². The van der Waals surface area contributed by atoms with Gasteiger partial charge in [0.1, 0.15) is 0 Å². The van der Waals surface area contributed by atoms with Crippen molar-refractivity contribution in [2.45, 2.75) is 25.4 Å². The summed E-state index contributed by atoms with van der Waals surface area (Å²) >= 11 is 0. The van der Waals surface area contributed by atoms with Crippen molar-refractivity contribution in [2.75, 3.05) is 6.54 Å². The lowest BCUT2D eigenvalue weighted by molar-refractivity contribution is 0.241. The van der Waals surface area contributed by atoms with Gasteiger partial charge in [-0.1, -0.05) is 12.1 Å². The van der Waals surface area contributed by atoms with Crippen molar-refractivity contribution in [3.05, 3.63) is 54.1 Å². The van der Waals surface area contributed by atoms with Gasteiger partial charge in [0.15, 0.2) is 0 Å². The third-order valence-corrected chi connectivity index (χ3v) is 4.11. The number of nitrogens with one attached hydrogen (secondary N) is 1. The van der Waals surface area contributed by atoms with Crippen LogP contribution in [-0.4, -0.2) is 31.6 Å². The van der Waals surface area contributed by atoms with Crippen LogP contribution in [0.5, 0.6) is 0 Å². The van der Waals surface area contributed by atoms with Crippen LogP contribution < -0.4 is 0 Å². The minimum atomic E-state index is 0.417. The van der Waals surface area contributed by atoms with E-state index in [1.807, 2.05) is 36.7 Å². The number of nitrogens with zero attached hydrogens (tertiary/aromatic N) is 4. The summed E-state index contributed by atoms with van der Waals surface area (Å²) in [6, 6.07) is 10.5. The summed E-state index contributed by atoms with van der Waals surface area (Å²) in [5.41, 5.74) is 4.14. The van der Waals surface area contributed by atoms with Crippen LogP contribution in [0, 0.1) is 0 Å². The van der Waals surface area contributed by atoms with Gasteiger partial charge < -0.3 is 0 Å². The Balaban J connectivity index is 1.59. The molecule has 2 aromatic heterocycles. The highest BCUT2D eigenvalue weighted by atomic mass is 15.2. The number of fused-ring (bicyclic) bond motifs is 1. The normalized spacial score (nSPS) is 19.3. The van der Waals surface area contributed by atoms with E-state index in [0.29, 0.717) is 6.04 Å². The molecule has 1 fully saturated rings. The minimum Gasteiger partial charge on any atom is -0.289 e. The molecule has 3 heterocycles. The minimum absolute atomic E-state index is 0.417. The molecular weight excluding hydrogens is 262 g/mol. The lowest BCUT2D eigenvalue weighted by atomic mass is 10.1. The summed E-state index contributed by atoms with van der Waals surface area (Å²) in [7, 11) is 0. The second kappa shape index (κ2) is 5.26. The van der Waals surface area contributed by atoms with E-state index in [9.17, 15) is 0 Å². The van der Waals surface area contributed by atoms with E-state index in [-0.39, 0.29) is 0 Å². The van der Waals surface area contributed by atoms with Gasteiger partial charge in [-0.3, -0.25) is 15.0 Å². The van der Waals surface area contributed by atoms with Crippen LogP contribution in [0.25, 0.3) is 11.0 Å². The maximum absolute atomic E-state index is 4.72. The quantitative estimate of drug-likeness (QED) is 0.801. The van der Waals surface area contributed by atoms with Gasteiger partial charge in [-0.25, -0.2) is 4.98 Å². The summed E-state index contributed by atoms with van der Waals surface area (Å²) in [5.74, 6) is 0. The molecule has 0 saturated carbocycles. The van der Waals surface area contributed by atoms with Gasteiger partial charge in [-0.2, -0.15) is 5.10 Å². The fraction of sp³-hybridized carbons (Fsp3) is 0.312. The highest BCUT2D eigenvalue weighted by Crippen LogP contribution is 2.31. The van der Waals surface area contributed by atoms with Gasteiger partial charge in [0.25, 0.3) is 0 Å². The Morgan fingerprint density at radius 1 is 1.19 bits per heavy atom. The molecule has 0 aliphatic carbocycles. The molecule has 1 aliphatic heterocycles. The van der Waals surface area contributed by atoms with Crippen LogP contribution in [0.1, 0.15) is 30.3 Å². The zero-order valence-electron chi connectivity index (χ0n) is 11.7. The van der Waals surface area contributed by atoms with Crippen molar-refractivity contribution in [1.29, 1.82) is 0 Å². The van der Waals surface area contributed by atoms with Crippen molar-refractivity contribution in [1.82, 2.24) is 25.1 Å². The molecule has 1 unspecified atom stereocenters. The first-order valence-electron chi connectivity index (χ1n) is 7.34. The molecule has 0 amide bonds. The Bertz CT molecular complexity index is 737. The summed E-state index contributed by atoms with van der Waals surface area (Å²) in [6.45, 7) is 1.93.